The van der Waals surface area contributed by atoms with E-state index in [4.69, 9.17) is 10.9 Å². The number of thiophene rings is 1. The number of hydrogen-bond acceptors (Lipinski definition) is 5. The fourth-order valence-corrected chi connectivity index (χ4v) is 2.27. The Bertz CT molecular complexity index is 525. The second-order valence-electron chi connectivity index (χ2n) is 3.68. The highest BCUT2D eigenvalue weighted by molar-refractivity contribution is 7.09. The van der Waals surface area contributed by atoms with Crippen molar-refractivity contribution >= 4 is 17.2 Å². The molecule has 4 N–H and O–H groups in total. The number of nitrogens with two attached hydrogens (primary N) is 1. The van der Waals surface area contributed by atoms with E-state index in [2.05, 4.69) is 21.5 Å². The maximum absolute atomic E-state index is 8.69. The summed E-state index contributed by atoms with van der Waals surface area (Å²) in [6.45, 7) is 1.42. The zero-order valence-corrected chi connectivity index (χ0v) is 10.5. The van der Waals surface area contributed by atoms with Gasteiger partial charge in [-0.2, -0.15) is 0 Å². The predicted molar refractivity (Wildman–Crippen MR) is 71.6 cm³/mol. The highest BCUT2D eigenvalue weighted by Gasteiger charge is 2.07. The van der Waals surface area contributed by atoms with Gasteiger partial charge in [-0.05, 0) is 23.1 Å². The number of hydrogen-bond donors (Lipinski definition) is 3. The minimum atomic E-state index is 0.0310. The number of amidine groups is 1. The molecule has 0 aromatic carbocycles. The Labute approximate surface area is 109 Å². The van der Waals surface area contributed by atoms with Crippen LogP contribution in [0.2, 0.25) is 0 Å². The van der Waals surface area contributed by atoms with E-state index >= 15 is 0 Å². The standard InChI is InChI=1S/C12H14N4OS/c13-12(16-17)11-9(3-1-5-15-11)7-14-8-10-4-2-6-18-10/h1-6,14,17H,7-8H2,(H2,13,16). The molecule has 0 atom stereocenters. The predicted octanol–water partition coefficient (Wildman–Crippen LogP) is 1.53. The summed E-state index contributed by atoms with van der Waals surface area (Å²) in [6.07, 6.45) is 1.62. The van der Waals surface area contributed by atoms with E-state index < -0.39 is 0 Å². The maximum Gasteiger partial charge on any atom is 0.189 e. The van der Waals surface area contributed by atoms with Crippen molar-refractivity contribution in [2.45, 2.75) is 13.1 Å². The summed E-state index contributed by atoms with van der Waals surface area (Å²) in [6, 6.07) is 7.83. The summed E-state index contributed by atoms with van der Waals surface area (Å²) in [5.74, 6) is 0.0310. The smallest absolute Gasteiger partial charge is 0.189 e. The Hall–Kier alpha value is -1.92. The van der Waals surface area contributed by atoms with Gasteiger partial charge in [-0.25, -0.2) is 0 Å². The molecule has 0 saturated heterocycles. The molecule has 6 heteroatoms. The van der Waals surface area contributed by atoms with Gasteiger partial charge in [0.1, 0.15) is 5.69 Å². The molecule has 2 aromatic heterocycles. The normalized spacial score (nSPS) is 11.7. The topological polar surface area (TPSA) is 83.5 Å². The van der Waals surface area contributed by atoms with Crippen LogP contribution in [-0.4, -0.2) is 16.0 Å². The van der Waals surface area contributed by atoms with Crippen LogP contribution in [0, 0.1) is 0 Å². The first kappa shape index (κ1) is 12.5. The Morgan fingerprint density at radius 3 is 3.00 bits per heavy atom. The van der Waals surface area contributed by atoms with Crippen LogP contribution in [0.15, 0.2) is 41.0 Å². The molecule has 0 fully saturated rings. The lowest BCUT2D eigenvalue weighted by atomic mass is 10.2. The second-order valence-corrected chi connectivity index (χ2v) is 4.71. The molecule has 0 bridgehead atoms. The highest BCUT2D eigenvalue weighted by Crippen LogP contribution is 2.09. The molecular formula is C12H14N4OS. The number of oxime groups is 1. The maximum atomic E-state index is 8.69. The van der Waals surface area contributed by atoms with E-state index in [0.717, 1.165) is 12.1 Å². The first-order valence-electron chi connectivity index (χ1n) is 5.46. The average Bonchev–Trinajstić information content (AvgIpc) is 2.92. The van der Waals surface area contributed by atoms with Crippen molar-refractivity contribution in [3.8, 4) is 0 Å². The number of pyridine rings is 1. The third kappa shape index (κ3) is 3.06. The number of rotatable bonds is 5. The summed E-state index contributed by atoms with van der Waals surface area (Å²) < 4.78 is 0. The van der Waals surface area contributed by atoms with E-state index in [1.165, 1.54) is 4.88 Å². The van der Waals surface area contributed by atoms with Crippen molar-refractivity contribution < 1.29 is 5.21 Å². The lowest BCUT2D eigenvalue weighted by Crippen LogP contribution is -2.21. The zero-order chi connectivity index (χ0) is 12.8. The summed E-state index contributed by atoms with van der Waals surface area (Å²) >= 11 is 1.71. The van der Waals surface area contributed by atoms with Crippen molar-refractivity contribution in [3.63, 3.8) is 0 Å². The first-order valence-corrected chi connectivity index (χ1v) is 6.34. The van der Waals surface area contributed by atoms with E-state index in [1.807, 2.05) is 23.6 Å². The molecule has 0 radical (unpaired) electrons. The first-order chi connectivity index (χ1) is 8.81. The van der Waals surface area contributed by atoms with Crippen molar-refractivity contribution in [1.82, 2.24) is 10.3 Å². The van der Waals surface area contributed by atoms with Crippen LogP contribution in [0.4, 0.5) is 0 Å². The van der Waals surface area contributed by atoms with Crippen molar-refractivity contribution in [2.75, 3.05) is 0 Å². The Morgan fingerprint density at radius 1 is 1.39 bits per heavy atom. The van der Waals surface area contributed by atoms with E-state index in [0.29, 0.717) is 12.2 Å². The summed E-state index contributed by atoms with van der Waals surface area (Å²) in [5.41, 5.74) is 6.99. The Kier molecular flexibility index (Phi) is 4.27. The molecule has 2 aromatic rings. The molecule has 0 aliphatic carbocycles. The monoisotopic (exact) mass is 262 g/mol. The van der Waals surface area contributed by atoms with Gasteiger partial charge in [0.2, 0.25) is 0 Å². The van der Waals surface area contributed by atoms with Crippen LogP contribution >= 0.6 is 11.3 Å². The van der Waals surface area contributed by atoms with Gasteiger partial charge in [-0.15, -0.1) is 11.3 Å². The number of nitrogens with one attached hydrogen (secondary N) is 1. The molecule has 2 heterocycles. The number of nitrogens with zero attached hydrogens (tertiary/aromatic N) is 2. The lowest BCUT2D eigenvalue weighted by molar-refractivity contribution is 0.318. The van der Waals surface area contributed by atoms with Crippen LogP contribution in [0.25, 0.3) is 0 Å². The third-order valence-electron chi connectivity index (χ3n) is 2.44. The minimum Gasteiger partial charge on any atom is -0.409 e. The highest BCUT2D eigenvalue weighted by atomic mass is 32.1. The van der Waals surface area contributed by atoms with Gasteiger partial charge in [0.25, 0.3) is 0 Å². The lowest BCUT2D eigenvalue weighted by Gasteiger charge is -2.07. The van der Waals surface area contributed by atoms with Gasteiger partial charge >= 0.3 is 0 Å². The molecule has 5 nitrogen and oxygen atoms in total. The summed E-state index contributed by atoms with van der Waals surface area (Å²) in [5, 5.41) is 17.0. The van der Waals surface area contributed by atoms with Crippen LogP contribution < -0.4 is 11.1 Å². The van der Waals surface area contributed by atoms with Gasteiger partial charge in [0.05, 0.1) is 0 Å². The van der Waals surface area contributed by atoms with Crippen molar-refractivity contribution in [2.24, 2.45) is 10.9 Å². The van der Waals surface area contributed by atoms with Crippen molar-refractivity contribution in [1.29, 1.82) is 0 Å². The van der Waals surface area contributed by atoms with Crippen LogP contribution in [0.1, 0.15) is 16.1 Å². The molecule has 0 saturated carbocycles. The molecule has 0 spiro atoms. The van der Waals surface area contributed by atoms with E-state index in [9.17, 15) is 0 Å². The third-order valence-corrected chi connectivity index (χ3v) is 3.31. The molecule has 0 unspecified atom stereocenters. The Balaban J connectivity index is 2.01. The fourth-order valence-electron chi connectivity index (χ4n) is 1.59. The quantitative estimate of drug-likeness (QED) is 0.330. The SMILES string of the molecule is NC(=NO)c1ncccc1CNCc1cccs1. The Morgan fingerprint density at radius 2 is 2.28 bits per heavy atom. The molecule has 0 aliphatic rings. The fraction of sp³-hybridized carbons (Fsp3) is 0.167. The van der Waals surface area contributed by atoms with Crippen LogP contribution in [0.3, 0.4) is 0 Å². The largest absolute Gasteiger partial charge is 0.409 e. The summed E-state index contributed by atoms with van der Waals surface area (Å²) in [4.78, 5) is 5.38. The van der Waals surface area contributed by atoms with Gasteiger partial charge in [0.15, 0.2) is 5.84 Å². The van der Waals surface area contributed by atoms with Gasteiger partial charge in [0, 0.05) is 24.2 Å². The summed E-state index contributed by atoms with van der Waals surface area (Å²) in [7, 11) is 0. The molecule has 94 valence electrons. The average molecular weight is 262 g/mol. The van der Waals surface area contributed by atoms with Crippen LogP contribution in [0.5, 0.6) is 0 Å². The molecule has 18 heavy (non-hydrogen) atoms. The van der Waals surface area contributed by atoms with E-state index in [1.54, 1.807) is 17.5 Å². The van der Waals surface area contributed by atoms with Crippen LogP contribution in [-0.2, 0) is 13.1 Å². The molecular weight excluding hydrogens is 248 g/mol. The van der Waals surface area contributed by atoms with Gasteiger partial charge < -0.3 is 16.3 Å². The van der Waals surface area contributed by atoms with Crippen molar-refractivity contribution in [3.05, 3.63) is 52.0 Å². The minimum absolute atomic E-state index is 0.0310. The number of aromatic nitrogens is 1. The molecule has 0 aliphatic heterocycles. The molecule has 2 rings (SSSR count). The molecule has 0 amide bonds. The van der Waals surface area contributed by atoms with E-state index in [-0.39, 0.29) is 5.84 Å². The van der Waals surface area contributed by atoms with Gasteiger partial charge in [-0.3, -0.25) is 4.98 Å². The second kappa shape index (κ2) is 6.13. The zero-order valence-electron chi connectivity index (χ0n) is 9.71. The van der Waals surface area contributed by atoms with Gasteiger partial charge in [-0.1, -0.05) is 17.3 Å².